The summed E-state index contributed by atoms with van der Waals surface area (Å²) in [6.45, 7) is 7.54. The summed E-state index contributed by atoms with van der Waals surface area (Å²) in [4.78, 5) is 25.2. The summed E-state index contributed by atoms with van der Waals surface area (Å²) < 4.78 is 10.2. The molecule has 1 rings (SSSR count). The maximum absolute atomic E-state index is 12.1. The van der Waals surface area contributed by atoms with Gasteiger partial charge in [-0.05, 0) is 34.1 Å². The molecule has 0 aromatic rings. The number of aliphatic hydroxyl groups excluding tert-OH is 1. The fraction of sp³-hybridized carbons (Fsp3) is 0.846. The molecule has 6 heteroatoms. The molecule has 6 nitrogen and oxygen atoms in total. The van der Waals surface area contributed by atoms with Gasteiger partial charge in [-0.1, -0.05) is 0 Å². The Hall–Kier alpha value is -1.30. The molecule has 19 heavy (non-hydrogen) atoms. The predicted octanol–water partition coefficient (Wildman–Crippen LogP) is 1.31. The maximum Gasteiger partial charge on any atom is 0.411 e. The molecule has 0 aliphatic carbocycles. The van der Waals surface area contributed by atoms with Gasteiger partial charge in [0.2, 0.25) is 0 Å². The fourth-order valence-electron chi connectivity index (χ4n) is 1.95. The molecule has 0 spiro atoms. The Bertz CT molecular complexity index is 336. The van der Waals surface area contributed by atoms with Crippen LogP contribution in [0.4, 0.5) is 4.79 Å². The normalized spacial score (nSPS) is 23.9. The predicted molar refractivity (Wildman–Crippen MR) is 68.6 cm³/mol. The van der Waals surface area contributed by atoms with Gasteiger partial charge in [0.1, 0.15) is 11.6 Å². The van der Waals surface area contributed by atoms with Crippen molar-refractivity contribution >= 4 is 12.1 Å². The zero-order chi connectivity index (χ0) is 14.6. The van der Waals surface area contributed by atoms with E-state index >= 15 is 0 Å². The molecule has 2 atom stereocenters. The minimum absolute atomic E-state index is 0.193. The third-order valence-electron chi connectivity index (χ3n) is 2.76. The fourth-order valence-corrected chi connectivity index (χ4v) is 1.95. The first-order valence-electron chi connectivity index (χ1n) is 6.59. The maximum atomic E-state index is 12.1. The van der Waals surface area contributed by atoms with E-state index in [1.165, 1.54) is 4.90 Å². The SMILES string of the molecule is CCOC(=O)C1CC(O)CCN1C(=O)OC(C)(C)C. The van der Waals surface area contributed by atoms with Crippen molar-refractivity contribution in [2.45, 2.75) is 58.3 Å². The van der Waals surface area contributed by atoms with Crippen molar-refractivity contribution in [2.75, 3.05) is 13.2 Å². The van der Waals surface area contributed by atoms with E-state index in [9.17, 15) is 14.7 Å². The first-order valence-corrected chi connectivity index (χ1v) is 6.59. The number of ether oxygens (including phenoxy) is 2. The number of hydrogen-bond acceptors (Lipinski definition) is 5. The van der Waals surface area contributed by atoms with Crippen molar-refractivity contribution < 1.29 is 24.2 Å². The Kier molecular flexibility index (Phi) is 5.17. The molecule has 0 radical (unpaired) electrons. The van der Waals surface area contributed by atoms with Gasteiger partial charge in [-0.3, -0.25) is 4.90 Å². The highest BCUT2D eigenvalue weighted by atomic mass is 16.6. The van der Waals surface area contributed by atoms with Crippen LogP contribution in [0.1, 0.15) is 40.5 Å². The van der Waals surface area contributed by atoms with E-state index in [0.29, 0.717) is 13.0 Å². The van der Waals surface area contributed by atoms with E-state index in [1.807, 2.05) is 0 Å². The largest absolute Gasteiger partial charge is 0.464 e. The van der Waals surface area contributed by atoms with Crippen molar-refractivity contribution in [3.63, 3.8) is 0 Å². The van der Waals surface area contributed by atoms with E-state index in [4.69, 9.17) is 9.47 Å². The van der Waals surface area contributed by atoms with Crippen LogP contribution in [0.25, 0.3) is 0 Å². The first-order chi connectivity index (χ1) is 8.74. The Morgan fingerprint density at radius 3 is 2.53 bits per heavy atom. The lowest BCUT2D eigenvalue weighted by molar-refractivity contribution is -0.152. The molecular weight excluding hydrogens is 250 g/mol. The van der Waals surface area contributed by atoms with Crippen LogP contribution in [-0.4, -0.2) is 53.0 Å². The first kappa shape index (κ1) is 15.8. The number of carbonyl (C=O) groups excluding carboxylic acids is 2. The monoisotopic (exact) mass is 273 g/mol. The number of piperidine rings is 1. The quantitative estimate of drug-likeness (QED) is 0.768. The lowest BCUT2D eigenvalue weighted by atomic mass is 10.00. The number of esters is 1. The van der Waals surface area contributed by atoms with Crippen molar-refractivity contribution in [3.8, 4) is 0 Å². The number of rotatable bonds is 2. The van der Waals surface area contributed by atoms with Gasteiger partial charge in [0.15, 0.2) is 0 Å². The standard InChI is InChI=1S/C13H23NO5/c1-5-18-11(16)10-8-9(15)6-7-14(10)12(17)19-13(2,3)4/h9-10,15H,5-8H2,1-4H3. The van der Waals surface area contributed by atoms with E-state index in [1.54, 1.807) is 27.7 Å². The molecule has 0 saturated carbocycles. The second kappa shape index (κ2) is 6.23. The average Bonchev–Trinajstić information content (AvgIpc) is 2.26. The Labute approximate surface area is 113 Å². The molecule has 1 heterocycles. The number of amides is 1. The highest BCUT2D eigenvalue weighted by Gasteiger charge is 2.38. The number of likely N-dealkylation sites (tertiary alicyclic amines) is 1. The van der Waals surface area contributed by atoms with Crippen molar-refractivity contribution in [1.29, 1.82) is 0 Å². The number of aliphatic hydroxyl groups is 1. The van der Waals surface area contributed by atoms with Crippen molar-refractivity contribution in [1.82, 2.24) is 4.90 Å². The van der Waals surface area contributed by atoms with Gasteiger partial charge in [0.05, 0.1) is 12.7 Å². The van der Waals surface area contributed by atoms with Gasteiger partial charge >= 0.3 is 12.1 Å². The third kappa shape index (κ3) is 4.70. The number of carbonyl (C=O) groups is 2. The van der Waals surface area contributed by atoms with Crippen LogP contribution < -0.4 is 0 Å². The van der Waals surface area contributed by atoms with E-state index in [-0.39, 0.29) is 13.0 Å². The molecule has 1 amide bonds. The van der Waals surface area contributed by atoms with Crippen LogP contribution in [-0.2, 0) is 14.3 Å². The summed E-state index contributed by atoms with van der Waals surface area (Å²) >= 11 is 0. The molecule has 0 aromatic carbocycles. The van der Waals surface area contributed by atoms with Crippen LogP contribution in [0.15, 0.2) is 0 Å². The van der Waals surface area contributed by atoms with Gasteiger partial charge in [-0.15, -0.1) is 0 Å². The van der Waals surface area contributed by atoms with E-state index < -0.39 is 29.8 Å². The van der Waals surface area contributed by atoms with E-state index in [2.05, 4.69) is 0 Å². The molecule has 1 N–H and O–H groups in total. The summed E-state index contributed by atoms with van der Waals surface area (Å²) in [7, 11) is 0. The second-order valence-electron chi connectivity index (χ2n) is 5.62. The van der Waals surface area contributed by atoms with Gasteiger partial charge < -0.3 is 14.6 Å². The lowest BCUT2D eigenvalue weighted by Crippen LogP contribution is -2.53. The summed E-state index contributed by atoms with van der Waals surface area (Å²) in [5, 5.41) is 9.64. The summed E-state index contributed by atoms with van der Waals surface area (Å²) in [5.41, 5.74) is -0.619. The molecule has 1 aliphatic rings. The zero-order valence-electron chi connectivity index (χ0n) is 12.0. The van der Waals surface area contributed by atoms with Gasteiger partial charge in [-0.25, -0.2) is 9.59 Å². The Morgan fingerprint density at radius 2 is 2.00 bits per heavy atom. The number of hydrogen-bond donors (Lipinski definition) is 1. The molecule has 0 bridgehead atoms. The van der Waals surface area contributed by atoms with Gasteiger partial charge in [0, 0.05) is 13.0 Å². The molecule has 110 valence electrons. The molecule has 2 unspecified atom stereocenters. The van der Waals surface area contributed by atoms with Crippen LogP contribution in [0, 0.1) is 0 Å². The average molecular weight is 273 g/mol. The minimum atomic E-state index is -0.765. The van der Waals surface area contributed by atoms with Gasteiger partial charge in [0.25, 0.3) is 0 Å². The molecular formula is C13H23NO5. The highest BCUT2D eigenvalue weighted by molar-refractivity contribution is 5.81. The number of nitrogens with zero attached hydrogens (tertiary/aromatic N) is 1. The van der Waals surface area contributed by atoms with Crippen LogP contribution in [0.5, 0.6) is 0 Å². The summed E-state index contributed by atoms with van der Waals surface area (Å²) in [6, 6.07) is -0.765. The highest BCUT2D eigenvalue weighted by Crippen LogP contribution is 2.21. The Morgan fingerprint density at radius 1 is 1.37 bits per heavy atom. The molecule has 1 fully saturated rings. The van der Waals surface area contributed by atoms with Crippen LogP contribution in [0.3, 0.4) is 0 Å². The minimum Gasteiger partial charge on any atom is -0.464 e. The van der Waals surface area contributed by atoms with Crippen molar-refractivity contribution in [3.05, 3.63) is 0 Å². The van der Waals surface area contributed by atoms with E-state index in [0.717, 1.165) is 0 Å². The van der Waals surface area contributed by atoms with Gasteiger partial charge in [-0.2, -0.15) is 0 Å². The van der Waals surface area contributed by atoms with Crippen LogP contribution >= 0.6 is 0 Å². The lowest BCUT2D eigenvalue weighted by Gasteiger charge is -2.36. The summed E-state index contributed by atoms with van der Waals surface area (Å²) in [6.07, 6.45) is -0.502. The third-order valence-corrected chi connectivity index (χ3v) is 2.76. The van der Waals surface area contributed by atoms with Crippen molar-refractivity contribution in [2.24, 2.45) is 0 Å². The summed E-state index contributed by atoms with van der Waals surface area (Å²) in [5.74, 6) is -0.493. The molecule has 1 saturated heterocycles. The molecule has 0 aromatic heterocycles. The topological polar surface area (TPSA) is 76.1 Å². The molecule has 1 aliphatic heterocycles. The Balaban J connectivity index is 2.77. The van der Waals surface area contributed by atoms with Crippen LogP contribution in [0.2, 0.25) is 0 Å². The second-order valence-corrected chi connectivity index (χ2v) is 5.62. The smallest absolute Gasteiger partial charge is 0.411 e. The zero-order valence-corrected chi connectivity index (χ0v) is 12.0.